The normalized spacial score (nSPS) is 24.1. The van der Waals surface area contributed by atoms with Crippen molar-refractivity contribution in [2.75, 3.05) is 26.4 Å². The van der Waals surface area contributed by atoms with Crippen LogP contribution in [0.3, 0.4) is 0 Å². The van der Waals surface area contributed by atoms with Crippen LogP contribution in [-0.2, 0) is 4.74 Å². The van der Waals surface area contributed by atoms with Crippen LogP contribution in [0.2, 0.25) is 0 Å². The molecule has 1 N–H and O–H groups in total. The number of rotatable bonds is 1. The summed E-state index contributed by atoms with van der Waals surface area (Å²) in [5.41, 5.74) is 1.09. The molecule has 0 bridgehead atoms. The monoisotopic (exact) mass is 207 g/mol. The summed E-state index contributed by atoms with van der Waals surface area (Å²) in [4.78, 5) is 0. The molecule has 2 aliphatic heterocycles. The number of ether oxygens (including phenoxy) is 3. The van der Waals surface area contributed by atoms with Crippen LogP contribution in [0.15, 0.2) is 18.2 Å². The maximum atomic E-state index is 5.52. The van der Waals surface area contributed by atoms with Gasteiger partial charge in [0.15, 0.2) is 11.5 Å². The van der Waals surface area contributed by atoms with Gasteiger partial charge in [0.2, 0.25) is 0 Å². The van der Waals surface area contributed by atoms with Gasteiger partial charge in [-0.05, 0) is 17.7 Å². The van der Waals surface area contributed by atoms with Crippen molar-refractivity contribution in [2.24, 2.45) is 0 Å². The summed E-state index contributed by atoms with van der Waals surface area (Å²) in [7, 11) is 0. The van der Waals surface area contributed by atoms with E-state index in [9.17, 15) is 0 Å². The number of benzene rings is 1. The van der Waals surface area contributed by atoms with Crippen LogP contribution >= 0.6 is 0 Å². The molecule has 80 valence electrons. The Hall–Kier alpha value is -1.26. The number of hydrogen-bond acceptors (Lipinski definition) is 4. The Labute approximate surface area is 88.1 Å². The molecule has 1 atom stereocenters. The second-order valence-corrected chi connectivity index (χ2v) is 3.61. The molecule has 0 radical (unpaired) electrons. The van der Waals surface area contributed by atoms with E-state index in [4.69, 9.17) is 14.2 Å². The summed E-state index contributed by atoms with van der Waals surface area (Å²) in [5.74, 6) is 1.64. The van der Waals surface area contributed by atoms with Crippen LogP contribution < -0.4 is 14.8 Å². The van der Waals surface area contributed by atoms with Crippen molar-refractivity contribution in [3.8, 4) is 11.5 Å². The van der Waals surface area contributed by atoms with Gasteiger partial charge in [-0.1, -0.05) is 6.07 Å². The summed E-state index contributed by atoms with van der Waals surface area (Å²) in [5, 5.41) is 3.26. The van der Waals surface area contributed by atoms with Crippen LogP contribution in [0.1, 0.15) is 11.8 Å². The van der Waals surface area contributed by atoms with Crippen molar-refractivity contribution in [2.45, 2.75) is 6.23 Å². The molecular weight excluding hydrogens is 194 g/mol. The third kappa shape index (κ3) is 1.66. The lowest BCUT2D eigenvalue weighted by atomic mass is 10.1. The maximum absolute atomic E-state index is 5.52. The van der Waals surface area contributed by atoms with E-state index >= 15 is 0 Å². The zero-order chi connectivity index (χ0) is 10.1. The number of nitrogens with one attached hydrogen (secondary N) is 1. The van der Waals surface area contributed by atoms with Gasteiger partial charge in [0.1, 0.15) is 19.4 Å². The van der Waals surface area contributed by atoms with Crippen molar-refractivity contribution in [1.82, 2.24) is 5.32 Å². The van der Waals surface area contributed by atoms with Crippen molar-refractivity contribution < 1.29 is 14.2 Å². The topological polar surface area (TPSA) is 39.7 Å². The number of hydrogen-bond donors (Lipinski definition) is 1. The summed E-state index contributed by atoms with van der Waals surface area (Å²) in [6, 6.07) is 5.93. The van der Waals surface area contributed by atoms with Crippen molar-refractivity contribution in [3.05, 3.63) is 23.8 Å². The molecule has 1 fully saturated rings. The molecule has 15 heavy (non-hydrogen) atoms. The zero-order valence-electron chi connectivity index (χ0n) is 8.36. The SMILES string of the molecule is c1cc2c(cc1C1NCCO1)OCCO2. The van der Waals surface area contributed by atoms with Gasteiger partial charge in [0.05, 0.1) is 6.61 Å². The molecule has 4 heteroatoms. The van der Waals surface area contributed by atoms with Crippen LogP contribution in [0, 0.1) is 0 Å². The van der Waals surface area contributed by atoms with E-state index in [2.05, 4.69) is 5.32 Å². The molecule has 4 nitrogen and oxygen atoms in total. The maximum Gasteiger partial charge on any atom is 0.161 e. The van der Waals surface area contributed by atoms with Crippen molar-refractivity contribution >= 4 is 0 Å². The Kier molecular flexibility index (Phi) is 2.23. The van der Waals surface area contributed by atoms with Gasteiger partial charge in [-0.2, -0.15) is 0 Å². The first-order valence-corrected chi connectivity index (χ1v) is 5.18. The minimum absolute atomic E-state index is 0.000765. The highest BCUT2D eigenvalue weighted by Crippen LogP contribution is 2.33. The first kappa shape index (κ1) is 9.00. The van der Waals surface area contributed by atoms with E-state index in [1.54, 1.807) is 0 Å². The Morgan fingerprint density at radius 2 is 1.93 bits per heavy atom. The Bertz CT molecular complexity index is 361. The summed E-state index contributed by atoms with van der Waals surface area (Å²) in [6.07, 6.45) is 0.000765. The highest BCUT2D eigenvalue weighted by atomic mass is 16.6. The fourth-order valence-corrected chi connectivity index (χ4v) is 1.86. The van der Waals surface area contributed by atoms with Crippen molar-refractivity contribution in [1.29, 1.82) is 0 Å². The van der Waals surface area contributed by atoms with Crippen LogP contribution in [-0.4, -0.2) is 26.4 Å². The van der Waals surface area contributed by atoms with Gasteiger partial charge in [0, 0.05) is 6.54 Å². The molecule has 1 aromatic rings. The molecule has 1 saturated heterocycles. The Balaban J connectivity index is 1.89. The third-order valence-corrected chi connectivity index (χ3v) is 2.59. The van der Waals surface area contributed by atoms with Gasteiger partial charge in [0.25, 0.3) is 0 Å². The average molecular weight is 207 g/mol. The molecule has 1 unspecified atom stereocenters. The van der Waals surface area contributed by atoms with Crippen LogP contribution in [0.5, 0.6) is 11.5 Å². The Morgan fingerprint density at radius 1 is 1.07 bits per heavy atom. The number of fused-ring (bicyclic) bond motifs is 1. The smallest absolute Gasteiger partial charge is 0.161 e. The van der Waals surface area contributed by atoms with Gasteiger partial charge in [-0.15, -0.1) is 0 Å². The van der Waals surface area contributed by atoms with E-state index in [1.807, 2.05) is 18.2 Å². The minimum atomic E-state index is 0.000765. The largest absolute Gasteiger partial charge is 0.486 e. The average Bonchev–Trinajstić information content (AvgIpc) is 2.82. The van der Waals surface area contributed by atoms with Gasteiger partial charge < -0.3 is 14.2 Å². The molecule has 0 amide bonds. The molecule has 0 aliphatic carbocycles. The lowest BCUT2D eigenvalue weighted by Gasteiger charge is -2.20. The lowest BCUT2D eigenvalue weighted by molar-refractivity contribution is 0.101. The molecule has 2 heterocycles. The fourth-order valence-electron chi connectivity index (χ4n) is 1.86. The standard InChI is InChI=1S/C11H13NO3/c1-2-9-10(14-6-5-13-9)7-8(1)11-12-3-4-15-11/h1-2,7,11-12H,3-6H2. The zero-order valence-corrected chi connectivity index (χ0v) is 8.36. The quantitative estimate of drug-likeness (QED) is 0.748. The van der Waals surface area contributed by atoms with E-state index in [0.29, 0.717) is 13.2 Å². The fraction of sp³-hybridized carbons (Fsp3) is 0.455. The molecule has 1 aromatic carbocycles. The molecule has 3 rings (SSSR count). The van der Waals surface area contributed by atoms with Gasteiger partial charge in [-0.3, -0.25) is 5.32 Å². The van der Waals surface area contributed by atoms with Gasteiger partial charge >= 0.3 is 0 Å². The third-order valence-electron chi connectivity index (χ3n) is 2.59. The molecule has 0 saturated carbocycles. The van der Waals surface area contributed by atoms with Gasteiger partial charge in [-0.25, -0.2) is 0 Å². The molecule has 2 aliphatic rings. The van der Waals surface area contributed by atoms with Crippen molar-refractivity contribution in [3.63, 3.8) is 0 Å². The molecule has 0 aromatic heterocycles. The lowest BCUT2D eigenvalue weighted by Crippen LogP contribution is -2.17. The van der Waals surface area contributed by atoms with E-state index in [-0.39, 0.29) is 6.23 Å². The Morgan fingerprint density at radius 3 is 2.73 bits per heavy atom. The van der Waals surface area contributed by atoms with Crippen LogP contribution in [0.4, 0.5) is 0 Å². The second kappa shape index (κ2) is 3.72. The minimum Gasteiger partial charge on any atom is -0.486 e. The summed E-state index contributed by atoms with van der Waals surface area (Å²) in [6.45, 7) is 2.91. The highest BCUT2D eigenvalue weighted by molar-refractivity contribution is 5.44. The second-order valence-electron chi connectivity index (χ2n) is 3.61. The summed E-state index contributed by atoms with van der Waals surface area (Å²) >= 11 is 0. The molecular formula is C11H13NO3. The summed E-state index contributed by atoms with van der Waals surface area (Å²) < 4.78 is 16.5. The molecule has 0 spiro atoms. The van der Waals surface area contributed by atoms with Crippen LogP contribution in [0.25, 0.3) is 0 Å². The van der Waals surface area contributed by atoms with E-state index in [1.165, 1.54) is 0 Å². The van der Waals surface area contributed by atoms with E-state index in [0.717, 1.165) is 30.2 Å². The first-order valence-electron chi connectivity index (χ1n) is 5.18. The highest BCUT2D eigenvalue weighted by Gasteiger charge is 2.19. The predicted molar refractivity (Wildman–Crippen MR) is 54.1 cm³/mol. The first-order chi connectivity index (χ1) is 7.43. The van der Waals surface area contributed by atoms with E-state index < -0.39 is 0 Å². The predicted octanol–water partition coefficient (Wildman–Crippen LogP) is 1.08.